The minimum Gasteiger partial charge on any atom is -0.395 e. The van der Waals surface area contributed by atoms with E-state index < -0.39 is 8.56 Å². The van der Waals surface area contributed by atoms with Crippen molar-refractivity contribution in [2.45, 2.75) is 45.7 Å². The van der Waals surface area contributed by atoms with Crippen LogP contribution in [0.1, 0.15) is 33.1 Å². The highest BCUT2D eigenvalue weighted by molar-refractivity contribution is 6.66. The summed E-state index contributed by atoms with van der Waals surface area (Å²) in [6, 6.07) is 1.20. The maximum Gasteiger partial charge on any atom is 0.335 e. The van der Waals surface area contributed by atoms with Crippen LogP contribution in [0.25, 0.3) is 0 Å². The molecule has 0 aromatic heterocycles. The molecule has 0 atom stereocenters. The van der Waals surface area contributed by atoms with E-state index in [4.69, 9.17) is 8.85 Å². The van der Waals surface area contributed by atoms with Gasteiger partial charge in [-0.2, -0.15) is 0 Å². The third-order valence-corrected chi connectivity index (χ3v) is 5.90. The molecule has 78 valence electrons. The van der Waals surface area contributed by atoms with Crippen molar-refractivity contribution in [1.29, 1.82) is 0 Å². The Kier molecular flexibility index (Phi) is 4.42. The van der Waals surface area contributed by atoms with Crippen LogP contribution in [0.5, 0.6) is 0 Å². The van der Waals surface area contributed by atoms with Gasteiger partial charge in [-0.25, -0.2) is 0 Å². The van der Waals surface area contributed by atoms with E-state index >= 15 is 0 Å². The van der Waals surface area contributed by atoms with Crippen LogP contribution in [0.2, 0.25) is 12.6 Å². The van der Waals surface area contributed by atoms with Gasteiger partial charge >= 0.3 is 8.56 Å². The van der Waals surface area contributed by atoms with Crippen LogP contribution < -0.4 is 0 Å². The number of rotatable bonds is 6. The highest BCUT2D eigenvalue weighted by Crippen LogP contribution is 2.34. The Morgan fingerprint density at radius 2 is 1.69 bits per heavy atom. The predicted octanol–water partition coefficient (Wildman–Crippen LogP) is 2.93. The molecule has 0 amide bonds. The molecule has 1 saturated carbocycles. The van der Waals surface area contributed by atoms with Gasteiger partial charge in [-0.05, 0) is 32.4 Å². The normalized spacial score (nSPS) is 18.7. The van der Waals surface area contributed by atoms with Crippen molar-refractivity contribution in [3.8, 4) is 0 Å². The third kappa shape index (κ3) is 3.41. The van der Waals surface area contributed by atoms with E-state index in [9.17, 15) is 0 Å². The van der Waals surface area contributed by atoms with Crippen LogP contribution in [-0.2, 0) is 8.85 Å². The summed E-state index contributed by atoms with van der Waals surface area (Å²) in [5.41, 5.74) is 0. The second-order valence-electron chi connectivity index (χ2n) is 4.00. The second-order valence-corrected chi connectivity index (χ2v) is 7.25. The van der Waals surface area contributed by atoms with E-state index in [0.29, 0.717) is 0 Å². The number of hydrogen-bond acceptors (Lipinski definition) is 2. The molecule has 1 aliphatic rings. The van der Waals surface area contributed by atoms with Crippen LogP contribution in [0.3, 0.4) is 0 Å². The molecule has 2 nitrogen and oxygen atoms in total. The standard InChI is InChI=1S/C10H22O2Si/c1-4-11-13(3,12-5-2)9-10-7-6-8-10/h10H,4-9H2,1-3H3. The monoisotopic (exact) mass is 202 g/mol. The van der Waals surface area contributed by atoms with Crippen LogP contribution >= 0.6 is 0 Å². The lowest BCUT2D eigenvalue weighted by molar-refractivity contribution is 0.174. The molecule has 3 heteroatoms. The van der Waals surface area contributed by atoms with Gasteiger partial charge in [-0.1, -0.05) is 19.3 Å². The fourth-order valence-corrected chi connectivity index (χ4v) is 4.99. The summed E-state index contributed by atoms with van der Waals surface area (Å²) >= 11 is 0. The summed E-state index contributed by atoms with van der Waals surface area (Å²) in [7, 11) is -1.78. The molecule has 1 aliphatic carbocycles. The summed E-state index contributed by atoms with van der Waals surface area (Å²) in [4.78, 5) is 0. The van der Waals surface area contributed by atoms with Crippen molar-refractivity contribution in [3.63, 3.8) is 0 Å². The highest BCUT2D eigenvalue weighted by atomic mass is 28.4. The molecule has 0 unspecified atom stereocenters. The Morgan fingerprint density at radius 3 is 2.00 bits per heavy atom. The molecule has 1 rings (SSSR count). The van der Waals surface area contributed by atoms with Crippen molar-refractivity contribution in [1.82, 2.24) is 0 Å². The zero-order valence-corrected chi connectivity index (χ0v) is 10.1. The topological polar surface area (TPSA) is 18.5 Å². The minimum atomic E-state index is -1.78. The summed E-state index contributed by atoms with van der Waals surface area (Å²) in [5.74, 6) is 0.898. The Hall–Kier alpha value is 0.137. The first-order valence-corrected chi connectivity index (χ1v) is 8.00. The smallest absolute Gasteiger partial charge is 0.335 e. The molecule has 0 spiro atoms. The zero-order valence-electron chi connectivity index (χ0n) is 9.14. The van der Waals surface area contributed by atoms with Crippen LogP contribution in [0.15, 0.2) is 0 Å². The van der Waals surface area contributed by atoms with Gasteiger partial charge in [0.15, 0.2) is 0 Å². The number of hydrogen-bond donors (Lipinski definition) is 0. The molecule has 0 aromatic carbocycles. The van der Waals surface area contributed by atoms with Crippen LogP contribution in [0, 0.1) is 5.92 Å². The van der Waals surface area contributed by atoms with Crippen LogP contribution in [0.4, 0.5) is 0 Å². The lowest BCUT2D eigenvalue weighted by Crippen LogP contribution is -2.41. The van der Waals surface area contributed by atoms with E-state index in [1.165, 1.54) is 25.3 Å². The molecular weight excluding hydrogens is 180 g/mol. The molecule has 0 saturated heterocycles. The molecule has 0 aromatic rings. The second kappa shape index (κ2) is 5.13. The first kappa shape index (κ1) is 11.2. The Morgan fingerprint density at radius 1 is 1.15 bits per heavy atom. The molecule has 0 bridgehead atoms. The Bertz CT molecular complexity index is 140. The first-order chi connectivity index (χ1) is 6.20. The zero-order chi connectivity index (χ0) is 9.73. The molecule has 0 radical (unpaired) electrons. The molecular formula is C10H22O2Si. The molecule has 0 N–H and O–H groups in total. The largest absolute Gasteiger partial charge is 0.395 e. The fourth-order valence-electron chi connectivity index (χ4n) is 1.99. The van der Waals surface area contributed by atoms with Crippen molar-refractivity contribution in [2.24, 2.45) is 5.92 Å². The highest BCUT2D eigenvalue weighted by Gasteiger charge is 2.35. The van der Waals surface area contributed by atoms with Gasteiger partial charge in [0.05, 0.1) is 0 Å². The predicted molar refractivity (Wildman–Crippen MR) is 57.0 cm³/mol. The maximum absolute atomic E-state index is 5.79. The Labute approximate surface area is 82.9 Å². The molecule has 0 heterocycles. The van der Waals surface area contributed by atoms with Gasteiger partial charge in [0, 0.05) is 13.2 Å². The van der Waals surface area contributed by atoms with Crippen molar-refractivity contribution in [2.75, 3.05) is 13.2 Å². The average molecular weight is 202 g/mol. The lowest BCUT2D eigenvalue weighted by atomic mass is 9.87. The molecule has 13 heavy (non-hydrogen) atoms. The van der Waals surface area contributed by atoms with E-state index in [0.717, 1.165) is 19.1 Å². The average Bonchev–Trinajstić information content (AvgIpc) is 1.98. The van der Waals surface area contributed by atoms with Gasteiger partial charge in [0.1, 0.15) is 0 Å². The summed E-state index contributed by atoms with van der Waals surface area (Å²) in [6.07, 6.45) is 4.19. The fraction of sp³-hybridized carbons (Fsp3) is 1.00. The van der Waals surface area contributed by atoms with Gasteiger partial charge in [0.2, 0.25) is 0 Å². The van der Waals surface area contributed by atoms with Gasteiger partial charge in [-0.15, -0.1) is 0 Å². The first-order valence-electron chi connectivity index (χ1n) is 5.48. The van der Waals surface area contributed by atoms with Crippen molar-refractivity contribution >= 4 is 8.56 Å². The summed E-state index contributed by atoms with van der Waals surface area (Å²) < 4.78 is 11.6. The van der Waals surface area contributed by atoms with Crippen LogP contribution in [-0.4, -0.2) is 21.8 Å². The molecule has 0 aliphatic heterocycles. The minimum absolute atomic E-state index is 0.801. The van der Waals surface area contributed by atoms with Crippen molar-refractivity contribution < 1.29 is 8.85 Å². The SMILES string of the molecule is CCO[Si](C)(CC1CCC1)OCC. The third-order valence-electron chi connectivity index (χ3n) is 2.78. The van der Waals surface area contributed by atoms with Gasteiger partial charge < -0.3 is 8.85 Å². The van der Waals surface area contributed by atoms with Gasteiger partial charge in [0.25, 0.3) is 0 Å². The van der Waals surface area contributed by atoms with E-state index in [2.05, 4.69) is 20.4 Å². The Balaban J connectivity index is 2.34. The summed E-state index contributed by atoms with van der Waals surface area (Å²) in [5, 5.41) is 0. The van der Waals surface area contributed by atoms with E-state index in [-0.39, 0.29) is 0 Å². The molecule has 1 fully saturated rings. The maximum atomic E-state index is 5.79. The van der Waals surface area contributed by atoms with Gasteiger partial charge in [-0.3, -0.25) is 0 Å². The van der Waals surface area contributed by atoms with Crippen molar-refractivity contribution in [3.05, 3.63) is 0 Å². The lowest BCUT2D eigenvalue weighted by Gasteiger charge is -2.34. The summed E-state index contributed by atoms with van der Waals surface area (Å²) in [6.45, 7) is 7.93. The quantitative estimate of drug-likeness (QED) is 0.617. The van der Waals surface area contributed by atoms with E-state index in [1.54, 1.807) is 0 Å². The van der Waals surface area contributed by atoms with E-state index in [1.807, 2.05) is 0 Å².